The molecule has 0 radical (unpaired) electrons. The van der Waals surface area contributed by atoms with E-state index in [2.05, 4.69) is 4.74 Å². The maximum Gasteiger partial charge on any atom is 0.355 e. The van der Waals surface area contributed by atoms with Crippen LogP contribution in [0, 0.1) is 0 Å². The largest absolute Gasteiger partial charge is 0.389 e. The Hall–Kier alpha value is -2.50. The van der Waals surface area contributed by atoms with Crippen molar-refractivity contribution in [2.75, 3.05) is 6.54 Å². The van der Waals surface area contributed by atoms with Gasteiger partial charge in [0.05, 0.1) is 6.54 Å². The zero-order chi connectivity index (χ0) is 15.3. The lowest BCUT2D eigenvalue weighted by Gasteiger charge is -2.26. The van der Waals surface area contributed by atoms with Crippen molar-refractivity contribution < 1.29 is 19.4 Å². The molecular formula is C16H15NO4. The highest BCUT2D eigenvalue weighted by atomic mass is 16.6. The first-order chi connectivity index (χ1) is 10.1. The van der Waals surface area contributed by atoms with Crippen molar-refractivity contribution in [1.82, 2.24) is 0 Å². The van der Waals surface area contributed by atoms with Crippen molar-refractivity contribution in [3.63, 3.8) is 0 Å². The van der Waals surface area contributed by atoms with E-state index in [-0.39, 0.29) is 0 Å². The molecule has 0 heterocycles. The first-order valence-corrected chi connectivity index (χ1v) is 6.37. The van der Waals surface area contributed by atoms with Gasteiger partial charge in [0.15, 0.2) is 0 Å². The molecule has 0 aliphatic rings. The smallest absolute Gasteiger partial charge is 0.355 e. The van der Waals surface area contributed by atoms with Gasteiger partial charge >= 0.3 is 11.9 Å². The van der Waals surface area contributed by atoms with Crippen LogP contribution in [-0.4, -0.2) is 23.6 Å². The van der Waals surface area contributed by atoms with Crippen molar-refractivity contribution in [3.8, 4) is 0 Å². The second-order valence-electron chi connectivity index (χ2n) is 4.41. The molecule has 0 amide bonds. The van der Waals surface area contributed by atoms with Crippen molar-refractivity contribution in [1.29, 1.82) is 0 Å². The summed E-state index contributed by atoms with van der Waals surface area (Å²) in [6, 6.07) is 16.6. The van der Waals surface area contributed by atoms with E-state index in [0.717, 1.165) is 0 Å². The quantitative estimate of drug-likeness (QED) is 0.645. The summed E-state index contributed by atoms with van der Waals surface area (Å²) in [5.41, 5.74) is 3.69. The molecular weight excluding hydrogens is 270 g/mol. The molecule has 0 saturated carbocycles. The molecule has 3 N–H and O–H groups in total. The maximum atomic E-state index is 12.3. The number of carbonyl (C=O) groups excluding carboxylic acids is 2. The number of aliphatic hydroxyl groups is 1. The summed E-state index contributed by atoms with van der Waals surface area (Å²) in [5.74, 6) is -1.97. The molecule has 5 nitrogen and oxygen atoms in total. The van der Waals surface area contributed by atoms with E-state index in [9.17, 15) is 14.7 Å². The summed E-state index contributed by atoms with van der Waals surface area (Å²) in [4.78, 5) is 23.5. The minimum atomic E-state index is -2.06. The Morgan fingerprint density at radius 2 is 1.38 bits per heavy atom. The predicted molar refractivity (Wildman–Crippen MR) is 76.0 cm³/mol. The van der Waals surface area contributed by atoms with Crippen LogP contribution >= 0.6 is 0 Å². The number of carbonyl (C=O) groups is 2. The van der Waals surface area contributed by atoms with E-state index in [0.29, 0.717) is 11.1 Å². The minimum Gasteiger partial charge on any atom is -0.389 e. The van der Waals surface area contributed by atoms with Crippen LogP contribution in [0.3, 0.4) is 0 Å². The van der Waals surface area contributed by atoms with Gasteiger partial charge < -0.3 is 15.6 Å². The SMILES string of the molecule is NCC(=O)OC(=O)C(O)(c1ccccc1)c1ccccc1. The normalized spacial score (nSPS) is 11.0. The first kappa shape index (κ1) is 14.9. The second kappa shape index (κ2) is 6.30. The van der Waals surface area contributed by atoms with Gasteiger partial charge in [-0.3, -0.25) is 4.79 Å². The van der Waals surface area contributed by atoms with E-state index < -0.39 is 24.1 Å². The van der Waals surface area contributed by atoms with Crippen LogP contribution < -0.4 is 5.73 Å². The summed E-state index contributed by atoms with van der Waals surface area (Å²) < 4.78 is 4.62. The third-order valence-electron chi connectivity index (χ3n) is 3.05. The Morgan fingerprint density at radius 1 is 0.952 bits per heavy atom. The van der Waals surface area contributed by atoms with Gasteiger partial charge in [-0.1, -0.05) is 60.7 Å². The number of esters is 2. The number of ether oxygens (including phenoxy) is 1. The lowest BCUT2D eigenvalue weighted by atomic mass is 9.86. The van der Waals surface area contributed by atoms with Gasteiger partial charge in [0.2, 0.25) is 5.60 Å². The Balaban J connectivity index is 2.50. The van der Waals surface area contributed by atoms with Crippen molar-refractivity contribution in [2.45, 2.75) is 5.60 Å². The first-order valence-electron chi connectivity index (χ1n) is 6.37. The van der Waals surface area contributed by atoms with Crippen LogP contribution in [0.2, 0.25) is 0 Å². The second-order valence-corrected chi connectivity index (χ2v) is 4.41. The van der Waals surface area contributed by atoms with Gasteiger partial charge in [-0.2, -0.15) is 0 Å². The molecule has 0 bridgehead atoms. The van der Waals surface area contributed by atoms with E-state index in [1.54, 1.807) is 60.7 Å². The van der Waals surface area contributed by atoms with Gasteiger partial charge in [-0.05, 0) is 11.1 Å². The number of rotatable bonds is 4. The van der Waals surface area contributed by atoms with E-state index in [4.69, 9.17) is 5.73 Å². The molecule has 108 valence electrons. The minimum absolute atomic E-state index is 0.311. The van der Waals surface area contributed by atoms with Gasteiger partial charge in [0.1, 0.15) is 0 Å². The molecule has 0 spiro atoms. The molecule has 5 heteroatoms. The fourth-order valence-corrected chi connectivity index (χ4v) is 1.98. The Morgan fingerprint density at radius 3 is 1.76 bits per heavy atom. The number of hydrogen-bond acceptors (Lipinski definition) is 5. The van der Waals surface area contributed by atoms with E-state index in [1.807, 2.05) is 0 Å². The summed E-state index contributed by atoms with van der Waals surface area (Å²) in [6.45, 7) is -0.439. The number of hydrogen-bond donors (Lipinski definition) is 2. The standard InChI is InChI=1S/C16H15NO4/c17-11-14(18)21-15(19)16(20,12-7-3-1-4-8-12)13-9-5-2-6-10-13/h1-10,20H,11,17H2. The van der Waals surface area contributed by atoms with Crippen molar-refractivity contribution in [2.24, 2.45) is 5.73 Å². The molecule has 0 unspecified atom stereocenters. The molecule has 2 rings (SSSR count). The zero-order valence-corrected chi connectivity index (χ0v) is 11.2. The lowest BCUT2D eigenvalue weighted by Crippen LogP contribution is -2.40. The van der Waals surface area contributed by atoms with E-state index in [1.165, 1.54) is 0 Å². The van der Waals surface area contributed by atoms with Crippen LogP contribution in [0.5, 0.6) is 0 Å². The van der Waals surface area contributed by atoms with Crippen molar-refractivity contribution >= 4 is 11.9 Å². The fraction of sp³-hybridized carbons (Fsp3) is 0.125. The van der Waals surface area contributed by atoms with Crippen LogP contribution in [0.15, 0.2) is 60.7 Å². The van der Waals surface area contributed by atoms with Crippen LogP contribution in [0.4, 0.5) is 0 Å². The highest BCUT2D eigenvalue weighted by molar-refractivity contribution is 5.94. The molecule has 21 heavy (non-hydrogen) atoms. The Bertz CT molecular complexity index is 586. The molecule has 0 aliphatic carbocycles. The molecule has 0 atom stereocenters. The summed E-state index contributed by atoms with van der Waals surface area (Å²) in [6.07, 6.45) is 0. The monoisotopic (exact) mass is 285 g/mol. The molecule has 0 fully saturated rings. The highest BCUT2D eigenvalue weighted by Crippen LogP contribution is 2.30. The third kappa shape index (κ3) is 2.99. The lowest BCUT2D eigenvalue weighted by molar-refractivity contribution is -0.171. The molecule has 2 aromatic rings. The fourth-order valence-electron chi connectivity index (χ4n) is 1.98. The van der Waals surface area contributed by atoms with Crippen molar-refractivity contribution in [3.05, 3.63) is 71.8 Å². The molecule has 0 saturated heterocycles. The van der Waals surface area contributed by atoms with Gasteiger partial charge in [0.25, 0.3) is 0 Å². The van der Waals surface area contributed by atoms with Crippen LogP contribution in [-0.2, 0) is 19.9 Å². The number of benzene rings is 2. The molecule has 2 aromatic carbocycles. The van der Waals surface area contributed by atoms with Crippen LogP contribution in [0.1, 0.15) is 11.1 Å². The van der Waals surface area contributed by atoms with Gasteiger partial charge in [-0.15, -0.1) is 0 Å². The Labute approximate surface area is 122 Å². The maximum absolute atomic E-state index is 12.3. The number of nitrogens with two attached hydrogens (primary N) is 1. The molecule has 0 aromatic heterocycles. The highest BCUT2D eigenvalue weighted by Gasteiger charge is 2.42. The topological polar surface area (TPSA) is 89.6 Å². The predicted octanol–water partition coefficient (Wildman–Crippen LogP) is 0.951. The summed E-state index contributed by atoms with van der Waals surface area (Å²) >= 11 is 0. The average Bonchev–Trinajstić information content (AvgIpc) is 2.55. The summed E-state index contributed by atoms with van der Waals surface area (Å²) in [5, 5.41) is 10.9. The molecule has 0 aliphatic heterocycles. The average molecular weight is 285 g/mol. The van der Waals surface area contributed by atoms with Crippen LogP contribution in [0.25, 0.3) is 0 Å². The zero-order valence-electron chi connectivity index (χ0n) is 11.2. The summed E-state index contributed by atoms with van der Waals surface area (Å²) in [7, 11) is 0. The van der Waals surface area contributed by atoms with Gasteiger partial charge in [-0.25, -0.2) is 4.79 Å². The third-order valence-corrected chi connectivity index (χ3v) is 3.05. The Kier molecular flexibility index (Phi) is 4.47. The van der Waals surface area contributed by atoms with E-state index >= 15 is 0 Å². The van der Waals surface area contributed by atoms with Gasteiger partial charge in [0, 0.05) is 0 Å².